The second-order valence-corrected chi connectivity index (χ2v) is 3.63. The molecule has 2 fully saturated rings. The fourth-order valence-corrected chi connectivity index (χ4v) is 2.30. The number of Topliss-reactive ketones (excluding diaryl/α,β-unsaturated/α-hetero) is 1. The van der Waals surface area contributed by atoms with Crippen molar-refractivity contribution in [3.05, 3.63) is 12.2 Å². The van der Waals surface area contributed by atoms with Crippen molar-refractivity contribution in [2.75, 3.05) is 0 Å². The van der Waals surface area contributed by atoms with Crippen molar-refractivity contribution in [2.24, 2.45) is 11.8 Å². The standard InChI is InChI=1S/C9H12O/c1-6-2-7-4-9(10)5-8(7)3-6/h7-8H,1-5H2/t7-,8+. The minimum absolute atomic E-state index is 0.475. The smallest absolute Gasteiger partial charge is 0.133 e. The van der Waals surface area contributed by atoms with Gasteiger partial charge in [0.1, 0.15) is 5.78 Å². The molecule has 2 atom stereocenters. The average molecular weight is 136 g/mol. The third kappa shape index (κ3) is 0.808. The molecule has 1 heteroatoms. The van der Waals surface area contributed by atoms with Crippen molar-refractivity contribution in [3.63, 3.8) is 0 Å². The van der Waals surface area contributed by atoms with Crippen LogP contribution in [0.5, 0.6) is 0 Å². The molecule has 2 aliphatic carbocycles. The summed E-state index contributed by atoms with van der Waals surface area (Å²) in [5.74, 6) is 1.84. The Morgan fingerprint density at radius 1 is 1.10 bits per heavy atom. The Labute approximate surface area is 61.1 Å². The van der Waals surface area contributed by atoms with Crippen molar-refractivity contribution >= 4 is 5.78 Å². The fraction of sp³-hybridized carbons (Fsp3) is 0.667. The Morgan fingerprint density at radius 2 is 1.60 bits per heavy atom. The van der Waals surface area contributed by atoms with Crippen molar-refractivity contribution in [3.8, 4) is 0 Å². The molecule has 0 unspecified atom stereocenters. The van der Waals surface area contributed by atoms with Gasteiger partial charge in [-0.05, 0) is 24.7 Å². The molecule has 0 aliphatic heterocycles. The Hall–Kier alpha value is -0.590. The van der Waals surface area contributed by atoms with Gasteiger partial charge in [0.05, 0.1) is 0 Å². The average Bonchev–Trinajstić information content (AvgIpc) is 2.21. The van der Waals surface area contributed by atoms with Gasteiger partial charge in [-0.2, -0.15) is 0 Å². The van der Waals surface area contributed by atoms with Crippen LogP contribution >= 0.6 is 0 Å². The van der Waals surface area contributed by atoms with E-state index in [-0.39, 0.29) is 0 Å². The predicted octanol–water partition coefficient (Wildman–Crippen LogP) is 1.93. The highest BCUT2D eigenvalue weighted by Gasteiger charge is 2.37. The molecule has 0 spiro atoms. The second kappa shape index (κ2) is 1.94. The van der Waals surface area contributed by atoms with Crippen molar-refractivity contribution in [1.82, 2.24) is 0 Å². The zero-order valence-corrected chi connectivity index (χ0v) is 6.10. The first-order valence-corrected chi connectivity index (χ1v) is 3.94. The Balaban J connectivity index is 2.12. The van der Waals surface area contributed by atoms with Gasteiger partial charge in [0.25, 0.3) is 0 Å². The number of carbonyl (C=O) groups excluding carboxylic acids is 1. The summed E-state index contributed by atoms with van der Waals surface area (Å²) in [5, 5.41) is 0. The van der Waals surface area contributed by atoms with Crippen molar-refractivity contribution < 1.29 is 4.79 Å². The van der Waals surface area contributed by atoms with Crippen LogP contribution in [-0.4, -0.2) is 5.78 Å². The van der Waals surface area contributed by atoms with Crippen LogP contribution in [0.1, 0.15) is 25.7 Å². The number of hydrogen-bond acceptors (Lipinski definition) is 1. The Kier molecular flexibility index (Phi) is 1.19. The van der Waals surface area contributed by atoms with E-state index in [1.807, 2.05) is 0 Å². The van der Waals surface area contributed by atoms with Crippen LogP contribution in [0.4, 0.5) is 0 Å². The molecule has 0 aromatic rings. The van der Waals surface area contributed by atoms with Crippen LogP contribution in [0.3, 0.4) is 0 Å². The Bertz CT molecular complexity index is 155. The molecule has 1 nitrogen and oxygen atoms in total. The molecule has 0 heterocycles. The van der Waals surface area contributed by atoms with E-state index in [2.05, 4.69) is 6.58 Å². The first-order valence-electron chi connectivity index (χ1n) is 3.94. The minimum atomic E-state index is 0.475. The molecule has 2 aliphatic rings. The van der Waals surface area contributed by atoms with E-state index in [0.29, 0.717) is 17.6 Å². The molecule has 2 saturated carbocycles. The maximum absolute atomic E-state index is 10.9. The van der Waals surface area contributed by atoms with Crippen LogP contribution in [0.25, 0.3) is 0 Å². The van der Waals surface area contributed by atoms with E-state index >= 15 is 0 Å². The van der Waals surface area contributed by atoms with Gasteiger partial charge in [-0.25, -0.2) is 0 Å². The highest BCUT2D eigenvalue weighted by molar-refractivity contribution is 5.81. The number of ketones is 1. The maximum Gasteiger partial charge on any atom is 0.133 e. The summed E-state index contributed by atoms with van der Waals surface area (Å²) in [5.41, 5.74) is 1.36. The van der Waals surface area contributed by atoms with E-state index in [1.54, 1.807) is 0 Å². The normalized spacial score (nSPS) is 38.8. The third-order valence-electron chi connectivity index (χ3n) is 2.75. The summed E-state index contributed by atoms with van der Waals surface area (Å²) >= 11 is 0. The van der Waals surface area contributed by atoms with Gasteiger partial charge < -0.3 is 0 Å². The lowest BCUT2D eigenvalue weighted by atomic mass is 10.0. The summed E-state index contributed by atoms with van der Waals surface area (Å²) < 4.78 is 0. The van der Waals surface area contributed by atoms with Gasteiger partial charge in [-0.1, -0.05) is 12.2 Å². The molecule has 0 aromatic heterocycles. The van der Waals surface area contributed by atoms with E-state index in [9.17, 15) is 4.79 Å². The van der Waals surface area contributed by atoms with Crippen molar-refractivity contribution in [2.45, 2.75) is 25.7 Å². The number of rotatable bonds is 0. The largest absolute Gasteiger partial charge is 0.300 e. The summed E-state index contributed by atoms with van der Waals surface area (Å²) in [6.07, 6.45) is 3.92. The molecule has 0 saturated heterocycles. The van der Waals surface area contributed by atoms with Gasteiger partial charge in [0.2, 0.25) is 0 Å². The molecule has 0 radical (unpaired) electrons. The first-order chi connectivity index (χ1) is 4.75. The van der Waals surface area contributed by atoms with Gasteiger partial charge in [-0.3, -0.25) is 4.79 Å². The summed E-state index contributed by atoms with van der Waals surface area (Å²) in [6.45, 7) is 3.95. The highest BCUT2D eigenvalue weighted by Crippen LogP contribution is 2.44. The SMILES string of the molecule is C=C1C[C@@H]2CC(=O)C[C@@H]2C1. The fourth-order valence-electron chi connectivity index (χ4n) is 2.30. The van der Waals surface area contributed by atoms with Crippen molar-refractivity contribution in [1.29, 1.82) is 0 Å². The maximum atomic E-state index is 10.9. The summed E-state index contributed by atoms with van der Waals surface area (Å²) in [4.78, 5) is 10.9. The lowest BCUT2D eigenvalue weighted by Crippen LogP contribution is -1.95. The summed E-state index contributed by atoms with van der Waals surface area (Å²) in [6, 6.07) is 0. The van der Waals surface area contributed by atoms with Gasteiger partial charge in [-0.15, -0.1) is 0 Å². The van der Waals surface area contributed by atoms with Crippen LogP contribution in [-0.2, 0) is 4.79 Å². The minimum Gasteiger partial charge on any atom is -0.300 e. The number of carbonyl (C=O) groups is 1. The van der Waals surface area contributed by atoms with E-state index in [4.69, 9.17) is 0 Å². The number of hydrogen-bond donors (Lipinski definition) is 0. The Morgan fingerprint density at radius 3 is 2.10 bits per heavy atom. The molecular formula is C9H12O. The monoisotopic (exact) mass is 136 g/mol. The molecule has 10 heavy (non-hydrogen) atoms. The lowest BCUT2D eigenvalue weighted by molar-refractivity contribution is -0.117. The summed E-state index contributed by atoms with van der Waals surface area (Å²) in [7, 11) is 0. The van der Waals surface area contributed by atoms with Gasteiger partial charge >= 0.3 is 0 Å². The van der Waals surface area contributed by atoms with Crippen LogP contribution in [0.2, 0.25) is 0 Å². The second-order valence-electron chi connectivity index (χ2n) is 3.63. The quantitative estimate of drug-likeness (QED) is 0.465. The predicted molar refractivity (Wildman–Crippen MR) is 39.6 cm³/mol. The van der Waals surface area contributed by atoms with E-state index < -0.39 is 0 Å². The van der Waals surface area contributed by atoms with Crippen LogP contribution < -0.4 is 0 Å². The van der Waals surface area contributed by atoms with Gasteiger partial charge in [0.15, 0.2) is 0 Å². The lowest BCUT2D eigenvalue weighted by Gasteiger charge is -2.02. The van der Waals surface area contributed by atoms with E-state index in [0.717, 1.165) is 25.7 Å². The molecule has 0 N–H and O–H groups in total. The van der Waals surface area contributed by atoms with Crippen LogP contribution in [0, 0.1) is 11.8 Å². The molecule has 54 valence electrons. The number of allylic oxidation sites excluding steroid dienone is 1. The molecule has 0 aromatic carbocycles. The highest BCUT2D eigenvalue weighted by atomic mass is 16.1. The zero-order chi connectivity index (χ0) is 7.14. The third-order valence-corrected chi connectivity index (χ3v) is 2.75. The molecular weight excluding hydrogens is 124 g/mol. The van der Waals surface area contributed by atoms with Gasteiger partial charge in [0, 0.05) is 12.8 Å². The zero-order valence-electron chi connectivity index (χ0n) is 6.10. The van der Waals surface area contributed by atoms with Crippen LogP contribution in [0.15, 0.2) is 12.2 Å². The molecule has 0 amide bonds. The first kappa shape index (κ1) is 6.14. The number of fused-ring (bicyclic) bond motifs is 1. The molecule has 2 rings (SSSR count). The van der Waals surface area contributed by atoms with E-state index in [1.165, 1.54) is 5.57 Å². The topological polar surface area (TPSA) is 17.1 Å². The molecule has 0 bridgehead atoms.